The second-order valence-electron chi connectivity index (χ2n) is 6.76. The number of aryl methyl sites for hydroxylation is 2. The Hall–Kier alpha value is -2.06. The summed E-state index contributed by atoms with van der Waals surface area (Å²) in [4.78, 5) is 0. The van der Waals surface area contributed by atoms with Gasteiger partial charge in [0, 0.05) is 10.8 Å². The van der Waals surface area contributed by atoms with E-state index < -0.39 is 6.10 Å². The number of hydrogen-bond donors (Lipinski definition) is 1. The molecule has 24 heavy (non-hydrogen) atoms. The van der Waals surface area contributed by atoms with E-state index in [1.807, 2.05) is 0 Å². The van der Waals surface area contributed by atoms with E-state index in [2.05, 4.69) is 63.2 Å². The maximum absolute atomic E-state index is 10.2. The van der Waals surface area contributed by atoms with Gasteiger partial charge in [-0.15, -0.1) is 0 Å². The maximum atomic E-state index is 10.2. The summed E-state index contributed by atoms with van der Waals surface area (Å²) in [5, 5.41) is 14.8. The smallest absolute Gasteiger partial charge is 0.135 e. The molecule has 0 saturated carbocycles. The van der Waals surface area contributed by atoms with Gasteiger partial charge in [0.05, 0.1) is 6.10 Å². The fourth-order valence-electron chi connectivity index (χ4n) is 3.17. The van der Waals surface area contributed by atoms with Crippen LogP contribution >= 0.6 is 0 Å². The lowest BCUT2D eigenvalue weighted by atomic mass is 9.99. The molecule has 0 aromatic heterocycles. The molecule has 0 heterocycles. The highest BCUT2D eigenvalue weighted by atomic mass is 16.5. The van der Waals surface area contributed by atoms with Crippen LogP contribution in [0.25, 0.3) is 21.5 Å². The number of rotatable bonds is 6. The molecule has 2 heteroatoms. The van der Waals surface area contributed by atoms with Crippen molar-refractivity contribution in [2.45, 2.75) is 46.1 Å². The van der Waals surface area contributed by atoms with Crippen LogP contribution in [0, 0.1) is 13.8 Å². The van der Waals surface area contributed by atoms with Crippen LogP contribution in [0.15, 0.2) is 42.5 Å². The van der Waals surface area contributed by atoms with Crippen molar-refractivity contribution in [3.8, 4) is 5.75 Å². The van der Waals surface area contributed by atoms with Crippen LogP contribution in [0.3, 0.4) is 0 Å². The first-order chi connectivity index (χ1) is 11.6. The molecular formula is C22H26O2. The summed E-state index contributed by atoms with van der Waals surface area (Å²) in [6.07, 6.45) is 2.49. The van der Waals surface area contributed by atoms with Gasteiger partial charge in [0.15, 0.2) is 0 Å². The van der Waals surface area contributed by atoms with Gasteiger partial charge in [-0.25, -0.2) is 0 Å². The minimum atomic E-state index is -0.412. The molecule has 0 spiro atoms. The quantitative estimate of drug-likeness (QED) is 0.604. The molecule has 0 bridgehead atoms. The summed E-state index contributed by atoms with van der Waals surface area (Å²) in [7, 11) is 0. The third-order valence-electron chi connectivity index (χ3n) is 4.53. The SMILES string of the molecule is CCCCC(O)COc1c2ccc(C)cc2cc2ccc(C)cc12. The van der Waals surface area contributed by atoms with Crippen LogP contribution < -0.4 is 4.74 Å². The van der Waals surface area contributed by atoms with E-state index in [9.17, 15) is 5.11 Å². The molecule has 0 saturated heterocycles. The highest BCUT2D eigenvalue weighted by molar-refractivity contribution is 6.05. The Morgan fingerprint density at radius 2 is 1.67 bits per heavy atom. The third kappa shape index (κ3) is 3.54. The molecule has 0 aliphatic carbocycles. The lowest BCUT2D eigenvalue weighted by Crippen LogP contribution is -2.17. The topological polar surface area (TPSA) is 29.5 Å². The molecule has 0 radical (unpaired) electrons. The van der Waals surface area contributed by atoms with Crippen molar-refractivity contribution in [2.75, 3.05) is 6.61 Å². The van der Waals surface area contributed by atoms with Gasteiger partial charge in [-0.2, -0.15) is 0 Å². The number of fused-ring (bicyclic) bond motifs is 2. The van der Waals surface area contributed by atoms with Gasteiger partial charge >= 0.3 is 0 Å². The van der Waals surface area contributed by atoms with Crippen molar-refractivity contribution < 1.29 is 9.84 Å². The Morgan fingerprint density at radius 3 is 2.46 bits per heavy atom. The van der Waals surface area contributed by atoms with Crippen molar-refractivity contribution in [3.63, 3.8) is 0 Å². The number of aliphatic hydroxyl groups is 1. The Kier molecular flexibility index (Phi) is 5.06. The van der Waals surface area contributed by atoms with Gasteiger partial charge in [-0.3, -0.25) is 0 Å². The van der Waals surface area contributed by atoms with Crippen LogP contribution in [0.1, 0.15) is 37.3 Å². The van der Waals surface area contributed by atoms with Crippen molar-refractivity contribution in [1.29, 1.82) is 0 Å². The summed E-state index contributed by atoms with van der Waals surface area (Å²) in [6, 6.07) is 15.1. The minimum absolute atomic E-state index is 0.343. The summed E-state index contributed by atoms with van der Waals surface area (Å²) in [5.74, 6) is 0.891. The lowest BCUT2D eigenvalue weighted by Gasteiger charge is -2.16. The normalized spacial score (nSPS) is 12.7. The predicted octanol–water partition coefficient (Wildman–Crippen LogP) is 5.54. The lowest BCUT2D eigenvalue weighted by molar-refractivity contribution is 0.0995. The van der Waals surface area contributed by atoms with E-state index in [-0.39, 0.29) is 0 Å². The number of unbranched alkanes of at least 4 members (excludes halogenated alkanes) is 1. The van der Waals surface area contributed by atoms with Crippen LogP contribution in [0.2, 0.25) is 0 Å². The van der Waals surface area contributed by atoms with E-state index in [0.29, 0.717) is 6.61 Å². The first kappa shape index (κ1) is 16.8. The fourth-order valence-corrected chi connectivity index (χ4v) is 3.17. The minimum Gasteiger partial charge on any atom is -0.490 e. The number of ether oxygens (including phenoxy) is 1. The van der Waals surface area contributed by atoms with Crippen LogP contribution in [0.4, 0.5) is 0 Å². The molecule has 3 aromatic carbocycles. The average molecular weight is 322 g/mol. The summed E-state index contributed by atoms with van der Waals surface area (Å²) >= 11 is 0. The van der Waals surface area contributed by atoms with Crippen molar-refractivity contribution in [3.05, 3.63) is 53.6 Å². The van der Waals surface area contributed by atoms with Gasteiger partial charge in [0.2, 0.25) is 0 Å². The molecule has 2 nitrogen and oxygen atoms in total. The molecule has 0 amide bonds. The average Bonchev–Trinajstić information content (AvgIpc) is 2.57. The predicted molar refractivity (Wildman–Crippen MR) is 102 cm³/mol. The van der Waals surface area contributed by atoms with Gasteiger partial charge < -0.3 is 9.84 Å². The number of aliphatic hydroxyl groups excluding tert-OH is 1. The largest absolute Gasteiger partial charge is 0.490 e. The molecule has 0 fully saturated rings. The highest BCUT2D eigenvalue weighted by Crippen LogP contribution is 2.36. The van der Waals surface area contributed by atoms with Gasteiger partial charge in [0.25, 0.3) is 0 Å². The Bertz CT molecular complexity index is 851. The van der Waals surface area contributed by atoms with Gasteiger partial charge in [-0.1, -0.05) is 61.2 Å². The van der Waals surface area contributed by atoms with Crippen molar-refractivity contribution in [2.24, 2.45) is 0 Å². The molecule has 1 atom stereocenters. The standard InChI is InChI=1S/C22H26O2/c1-4-5-6-19(23)14-24-22-20-10-8-15(2)11-18(20)13-17-9-7-16(3)12-21(17)22/h7-13,19,23H,4-6,14H2,1-3H3. The summed E-state index contributed by atoms with van der Waals surface area (Å²) in [5.41, 5.74) is 2.45. The molecule has 0 aliphatic rings. The molecular weight excluding hydrogens is 296 g/mol. The zero-order valence-corrected chi connectivity index (χ0v) is 14.8. The van der Waals surface area contributed by atoms with Crippen LogP contribution in [0.5, 0.6) is 5.75 Å². The monoisotopic (exact) mass is 322 g/mol. The van der Waals surface area contributed by atoms with E-state index in [0.717, 1.165) is 35.8 Å². The van der Waals surface area contributed by atoms with Crippen molar-refractivity contribution >= 4 is 21.5 Å². The Balaban J connectivity index is 2.05. The van der Waals surface area contributed by atoms with E-state index in [1.54, 1.807) is 0 Å². The van der Waals surface area contributed by atoms with Crippen LogP contribution in [-0.2, 0) is 0 Å². The molecule has 3 rings (SSSR count). The molecule has 0 aliphatic heterocycles. The summed E-state index contributed by atoms with van der Waals surface area (Å²) < 4.78 is 6.14. The zero-order chi connectivity index (χ0) is 17.1. The second-order valence-corrected chi connectivity index (χ2v) is 6.76. The van der Waals surface area contributed by atoms with E-state index in [4.69, 9.17) is 4.74 Å². The molecule has 126 valence electrons. The zero-order valence-electron chi connectivity index (χ0n) is 14.8. The van der Waals surface area contributed by atoms with Crippen LogP contribution in [-0.4, -0.2) is 17.8 Å². The summed E-state index contributed by atoms with van der Waals surface area (Å²) in [6.45, 7) is 6.68. The van der Waals surface area contributed by atoms with Gasteiger partial charge in [0.1, 0.15) is 12.4 Å². The third-order valence-corrected chi connectivity index (χ3v) is 4.53. The fraction of sp³-hybridized carbons (Fsp3) is 0.364. The van der Waals surface area contributed by atoms with Gasteiger partial charge in [-0.05, 0) is 43.2 Å². The number of benzene rings is 3. The second kappa shape index (κ2) is 7.23. The maximum Gasteiger partial charge on any atom is 0.135 e. The number of hydrogen-bond acceptors (Lipinski definition) is 2. The van der Waals surface area contributed by atoms with E-state index >= 15 is 0 Å². The highest BCUT2D eigenvalue weighted by Gasteiger charge is 2.12. The van der Waals surface area contributed by atoms with Crippen molar-refractivity contribution in [1.82, 2.24) is 0 Å². The molecule has 3 aromatic rings. The molecule has 1 N–H and O–H groups in total. The Morgan fingerprint density at radius 1 is 0.917 bits per heavy atom. The molecule has 1 unspecified atom stereocenters. The van der Waals surface area contributed by atoms with E-state index in [1.165, 1.54) is 21.9 Å². The first-order valence-corrected chi connectivity index (χ1v) is 8.83. The Labute approximate surface area is 144 Å². The first-order valence-electron chi connectivity index (χ1n) is 8.83.